The van der Waals surface area contributed by atoms with Crippen LogP contribution in [0.3, 0.4) is 0 Å². The zero-order chi connectivity index (χ0) is 18.7. The molecule has 0 spiro atoms. The van der Waals surface area contributed by atoms with Crippen LogP contribution in [0, 0.1) is 0 Å². The first-order valence-electron chi connectivity index (χ1n) is 8.45. The Balaban J connectivity index is 2.12. The van der Waals surface area contributed by atoms with Crippen LogP contribution in [-0.4, -0.2) is 34.5 Å². The number of benzene rings is 2. The number of fused-ring (bicyclic) bond motifs is 1. The molecule has 6 heteroatoms. The van der Waals surface area contributed by atoms with E-state index in [9.17, 15) is 9.59 Å². The molecule has 0 N–H and O–H groups in total. The van der Waals surface area contributed by atoms with Crippen molar-refractivity contribution in [3.05, 3.63) is 70.5 Å². The maximum atomic E-state index is 12.8. The lowest BCUT2D eigenvalue weighted by Crippen LogP contribution is -2.28. The molecule has 5 nitrogen and oxygen atoms in total. The molecule has 0 bridgehead atoms. The van der Waals surface area contributed by atoms with Crippen LogP contribution in [-0.2, 0) is 11.3 Å². The lowest BCUT2D eigenvalue weighted by Gasteiger charge is -2.21. The number of nitrogens with zero attached hydrogens (tertiary/aromatic N) is 3. The first-order valence-corrected chi connectivity index (χ1v) is 9.33. The summed E-state index contributed by atoms with van der Waals surface area (Å²) in [5, 5.41) is 0.686. The second kappa shape index (κ2) is 7.74. The molecular formula is C20H21N3O2S. The Bertz CT molecular complexity index is 983. The quantitative estimate of drug-likeness (QED) is 0.513. The van der Waals surface area contributed by atoms with Crippen LogP contribution in [0.1, 0.15) is 17.7 Å². The van der Waals surface area contributed by atoms with Gasteiger partial charge in [0.25, 0.3) is 5.56 Å². The lowest BCUT2D eigenvalue weighted by atomic mass is 10.1. The number of thioether (sulfide) groups is 1. The highest BCUT2D eigenvalue weighted by molar-refractivity contribution is 8.00. The van der Waals surface area contributed by atoms with Gasteiger partial charge in [-0.05, 0) is 24.6 Å². The Labute approximate surface area is 156 Å². The Hall–Kier alpha value is -2.60. The molecule has 1 amide bonds. The van der Waals surface area contributed by atoms with Crippen LogP contribution in [0.4, 0.5) is 0 Å². The Morgan fingerprint density at radius 1 is 1.12 bits per heavy atom. The fourth-order valence-corrected chi connectivity index (χ4v) is 4.05. The first kappa shape index (κ1) is 18.2. The predicted octanol–water partition coefficient (Wildman–Crippen LogP) is 3.34. The highest BCUT2D eigenvalue weighted by Gasteiger charge is 2.26. The summed E-state index contributed by atoms with van der Waals surface area (Å²) >= 11 is 1.32. The largest absolute Gasteiger partial charge is 0.348 e. The summed E-state index contributed by atoms with van der Waals surface area (Å²) in [6.45, 7) is 2.41. The summed E-state index contributed by atoms with van der Waals surface area (Å²) in [6, 6.07) is 16.9. The van der Waals surface area contributed by atoms with Crippen molar-refractivity contribution in [2.24, 2.45) is 0 Å². The molecule has 0 fully saturated rings. The van der Waals surface area contributed by atoms with Gasteiger partial charge >= 0.3 is 0 Å². The van der Waals surface area contributed by atoms with Gasteiger partial charge in [-0.25, -0.2) is 4.98 Å². The van der Waals surface area contributed by atoms with E-state index in [0.29, 0.717) is 22.6 Å². The molecule has 0 aliphatic heterocycles. The molecule has 134 valence electrons. The summed E-state index contributed by atoms with van der Waals surface area (Å²) in [6.07, 6.45) is 0. The molecule has 1 heterocycles. The van der Waals surface area contributed by atoms with Crippen molar-refractivity contribution in [2.45, 2.75) is 23.9 Å². The third-order valence-corrected chi connectivity index (χ3v) is 5.37. The Morgan fingerprint density at radius 2 is 1.77 bits per heavy atom. The number of para-hydroxylation sites is 1. The van der Waals surface area contributed by atoms with Gasteiger partial charge in [-0.1, -0.05) is 54.2 Å². The normalized spacial score (nSPS) is 12.1. The SMILES string of the molecule is CCn1c(S[C@H](C(=O)N(C)C)c2ccccc2)nc2ccccc2c1=O. The van der Waals surface area contributed by atoms with Crippen molar-refractivity contribution < 1.29 is 4.79 Å². The summed E-state index contributed by atoms with van der Waals surface area (Å²) in [5.41, 5.74) is 1.46. The first-order chi connectivity index (χ1) is 12.5. The maximum absolute atomic E-state index is 12.8. The van der Waals surface area contributed by atoms with E-state index in [1.807, 2.05) is 55.5 Å². The zero-order valence-electron chi connectivity index (χ0n) is 15.0. The van der Waals surface area contributed by atoms with E-state index in [2.05, 4.69) is 4.98 Å². The highest BCUT2D eigenvalue weighted by atomic mass is 32.2. The molecule has 1 aromatic heterocycles. The van der Waals surface area contributed by atoms with Crippen molar-refractivity contribution in [3.63, 3.8) is 0 Å². The van der Waals surface area contributed by atoms with Crippen molar-refractivity contribution in [3.8, 4) is 0 Å². The minimum Gasteiger partial charge on any atom is -0.348 e. The van der Waals surface area contributed by atoms with E-state index in [1.165, 1.54) is 11.8 Å². The fourth-order valence-electron chi connectivity index (χ4n) is 2.75. The summed E-state index contributed by atoms with van der Waals surface area (Å²) in [5.74, 6) is -0.0359. The van der Waals surface area contributed by atoms with E-state index in [1.54, 1.807) is 29.6 Å². The Morgan fingerprint density at radius 3 is 2.42 bits per heavy atom. The smallest absolute Gasteiger partial charge is 0.262 e. The number of rotatable bonds is 5. The monoisotopic (exact) mass is 367 g/mol. The second-order valence-corrected chi connectivity index (χ2v) is 7.17. The average molecular weight is 367 g/mol. The molecule has 0 aliphatic carbocycles. The van der Waals surface area contributed by atoms with Crippen LogP contribution in [0.15, 0.2) is 64.5 Å². The van der Waals surface area contributed by atoms with Gasteiger partial charge in [0, 0.05) is 20.6 Å². The molecule has 0 aliphatic rings. The molecule has 2 aromatic carbocycles. The van der Waals surface area contributed by atoms with Gasteiger partial charge in [0.05, 0.1) is 10.9 Å². The molecule has 3 aromatic rings. The standard InChI is InChI=1S/C20H21N3O2S/c1-4-23-18(24)15-12-8-9-13-16(15)21-20(23)26-17(19(25)22(2)3)14-10-6-5-7-11-14/h5-13,17H,4H2,1-3H3/t17-/m0/s1. The van der Waals surface area contributed by atoms with Crippen molar-refractivity contribution in [1.82, 2.24) is 14.5 Å². The van der Waals surface area contributed by atoms with E-state index in [-0.39, 0.29) is 11.5 Å². The molecule has 3 rings (SSSR count). The minimum absolute atomic E-state index is 0.0359. The number of aromatic nitrogens is 2. The predicted molar refractivity (Wildman–Crippen MR) is 105 cm³/mol. The molecule has 0 saturated carbocycles. The summed E-state index contributed by atoms with van der Waals surface area (Å²) < 4.78 is 1.63. The van der Waals surface area contributed by atoms with Crippen LogP contribution < -0.4 is 5.56 Å². The second-order valence-electron chi connectivity index (χ2n) is 6.10. The van der Waals surface area contributed by atoms with E-state index < -0.39 is 5.25 Å². The van der Waals surface area contributed by atoms with Gasteiger partial charge < -0.3 is 4.90 Å². The van der Waals surface area contributed by atoms with Crippen LogP contribution >= 0.6 is 11.8 Å². The topological polar surface area (TPSA) is 55.2 Å². The summed E-state index contributed by atoms with van der Waals surface area (Å²) in [7, 11) is 3.47. The maximum Gasteiger partial charge on any atom is 0.262 e. The van der Waals surface area contributed by atoms with E-state index >= 15 is 0 Å². The Kier molecular flexibility index (Phi) is 5.42. The number of amides is 1. The van der Waals surface area contributed by atoms with Crippen LogP contribution in [0.2, 0.25) is 0 Å². The van der Waals surface area contributed by atoms with Crippen LogP contribution in [0.25, 0.3) is 10.9 Å². The fraction of sp³-hybridized carbons (Fsp3) is 0.250. The van der Waals surface area contributed by atoms with Gasteiger partial charge in [-0.3, -0.25) is 14.2 Å². The van der Waals surface area contributed by atoms with Gasteiger partial charge in [-0.2, -0.15) is 0 Å². The number of carbonyl (C=O) groups excluding carboxylic acids is 1. The van der Waals surface area contributed by atoms with Gasteiger partial charge in [0.1, 0.15) is 5.25 Å². The lowest BCUT2D eigenvalue weighted by molar-refractivity contribution is -0.128. The van der Waals surface area contributed by atoms with Crippen LogP contribution in [0.5, 0.6) is 0 Å². The van der Waals surface area contributed by atoms with E-state index in [0.717, 1.165) is 5.56 Å². The number of hydrogen-bond acceptors (Lipinski definition) is 4. The number of likely N-dealkylation sites (N-methyl/N-ethyl adjacent to an activating group) is 1. The van der Waals surface area contributed by atoms with Gasteiger partial charge in [0.2, 0.25) is 5.91 Å². The molecule has 26 heavy (non-hydrogen) atoms. The average Bonchev–Trinajstić information content (AvgIpc) is 2.66. The molecule has 1 atom stereocenters. The van der Waals surface area contributed by atoms with Crippen molar-refractivity contribution >= 4 is 28.6 Å². The molecule has 0 saturated heterocycles. The minimum atomic E-state index is -0.461. The zero-order valence-corrected chi connectivity index (χ0v) is 15.9. The summed E-state index contributed by atoms with van der Waals surface area (Å²) in [4.78, 5) is 31.8. The van der Waals surface area contributed by atoms with Crippen molar-refractivity contribution in [2.75, 3.05) is 14.1 Å². The molecular weight excluding hydrogens is 346 g/mol. The number of hydrogen-bond donors (Lipinski definition) is 0. The van der Waals surface area contributed by atoms with Crippen molar-refractivity contribution in [1.29, 1.82) is 0 Å². The molecule has 0 unspecified atom stereocenters. The van der Waals surface area contributed by atoms with Gasteiger partial charge in [0.15, 0.2) is 5.16 Å². The highest BCUT2D eigenvalue weighted by Crippen LogP contribution is 2.35. The van der Waals surface area contributed by atoms with Gasteiger partial charge in [-0.15, -0.1) is 0 Å². The molecule has 0 radical (unpaired) electrons. The third kappa shape index (κ3) is 3.51. The van der Waals surface area contributed by atoms with E-state index in [4.69, 9.17) is 0 Å². The number of carbonyl (C=O) groups is 1. The third-order valence-electron chi connectivity index (χ3n) is 4.13.